The Bertz CT molecular complexity index is 359. The second-order valence-corrected chi connectivity index (χ2v) is 3.00. The highest BCUT2D eigenvalue weighted by Crippen LogP contribution is 2.12. The van der Waals surface area contributed by atoms with Crippen molar-refractivity contribution in [1.29, 1.82) is 0 Å². The summed E-state index contributed by atoms with van der Waals surface area (Å²) in [5, 5.41) is 0.143. The van der Waals surface area contributed by atoms with Gasteiger partial charge in [-0.2, -0.15) is 0 Å². The van der Waals surface area contributed by atoms with Gasteiger partial charge in [0.05, 0.1) is 0 Å². The summed E-state index contributed by atoms with van der Waals surface area (Å²) in [5.41, 5.74) is 0. The quantitative estimate of drug-likeness (QED) is 0.420. The average Bonchev–Trinajstić information content (AvgIpc) is 2.07. The number of aliphatic imine (C=N–C) groups is 1. The third kappa shape index (κ3) is 3.58. The number of halogens is 2. The Hall–Kier alpha value is -1.35. The summed E-state index contributed by atoms with van der Waals surface area (Å²) < 4.78 is 17.7. The summed E-state index contributed by atoms with van der Waals surface area (Å²) in [6.07, 6.45) is 0. The third-order valence-corrected chi connectivity index (χ3v) is 1.44. The fraction of sp³-hybridized carbons (Fsp3) is 0.100. The minimum Gasteiger partial charge on any atom is -0.443 e. The minimum atomic E-state index is -0.311. The maximum absolute atomic E-state index is 12.5. The molecule has 14 heavy (non-hydrogen) atoms. The van der Waals surface area contributed by atoms with Gasteiger partial charge in [0.25, 0.3) is 0 Å². The molecule has 0 aliphatic heterocycles. The zero-order valence-electron chi connectivity index (χ0n) is 7.63. The fourth-order valence-corrected chi connectivity index (χ4v) is 0.986. The Morgan fingerprint density at radius 2 is 2.00 bits per heavy atom. The Kier molecular flexibility index (Phi) is 3.65. The van der Waals surface area contributed by atoms with Crippen LogP contribution in [-0.4, -0.2) is 5.90 Å². The minimum absolute atomic E-state index is 0.143. The molecule has 0 unspecified atom stereocenters. The van der Waals surface area contributed by atoms with E-state index in [1.807, 2.05) is 0 Å². The predicted molar refractivity (Wildman–Crippen MR) is 55.1 cm³/mol. The van der Waals surface area contributed by atoms with E-state index in [1.54, 1.807) is 6.92 Å². The lowest BCUT2D eigenvalue weighted by Gasteiger charge is -2.03. The van der Waals surface area contributed by atoms with E-state index >= 15 is 0 Å². The van der Waals surface area contributed by atoms with Crippen LogP contribution in [0.2, 0.25) is 0 Å². The van der Waals surface area contributed by atoms with Crippen LogP contribution in [0.5, 0.6) is 5.75 Å². The molecule has 0 atom stereocenters. The second-order valence-electron chi connectivity index (χ2n) is 2.56. The van der Waals surface area contributed by atoms with Crippen molar-refractivity contribution in [2.45, 2.75) is 6.92 Å². The van der Waals surface area contributed by atoms with Crippen LogP contribution in [-0.2, 0) is 0 Å². The van der Waals surface area contributed by atoms with Crippen LogP contribution in [0.15, 0.2) is 41.0 Å². The second kappa shape index (κ2) is 4.77. The van der Waals surface area contributed by atoms with E-state index in [1.165, 1.54) is 24.3 Å². The lowest BCUT2D eigenvalue weighted by molar-refractivity contribution is 0.542. The van der Waals surface area contributed by atoms with E-state index in [0.717, 1.165) is 0 Å². The average molecular weight is 214 g/mol. The molecule has 1 rings (SSSR count). The molecule has 0 fully saturated rings. The van der Waals surface area contributed by atoms with Gasteiger partial charge in [0, 0.05) is 6.92 Å². The largest absolute Gasteiger partial charge is 0.443 e. The zero-order chi connectivity index (χ0) is 10.6. The van der Waals surface area contributed by atoms with Crippen molar-refractivity contribution in [3.8, 4) is 5.75 Å². The molecule has 2 nitrogen and oxygen atoms in total. The van der Waals surface area contributed by atoms with Crippen molar-refractivity contribution in [3.63, 3.8) is 0 Å². The van der Waals surface area contributed by atoms with Crippen LogP contribution in [0, 0.1) is 5.82 Å². The summed E-state index contributed by atoms with van der Waals surface area (Å²) >= 11 is 5.44. The summed E-state index contributed by atoms with van der Waals surface area (Å²) in [7, 11) is 0. The molecule has 0 bridgehead atoms. The van der Waals surface area contributed by atoms with Crippen LogP contribution < -0.4 is 4.74 Å². The number of ether oxygens (including phenoxy) is 1. The normalized spacial score (nSPS) is 11.2. The SMILES string of the molecule is C=C(Cl)/N=C(\C)Oc1ccc(F)cc1. The monoisotopic (exact) mass is 213 g/mol. The van der Waals surface area contributed by atoms with Crippen LogP contribution in [0.1, 0.15) is 6.92 Å². The van der Waals surface area contributed by atoms with Gasteiger partial charge >= 0.3 is 0 Å². The number of benzene rings is 1. The van der Waals surface area contributed by atoms with Gasteiger partial charge < -0.3 is 4.74 Å². The Labute approximate surface area is 86.7 Å². The number of nitrogens with zero attached hydrogens (tertiary/aromatic N) is 1. The van der Waals surface area contributed by atoms with E-state index < -0.39 is 0 Å². The van der Waals surface area contributed by atoms with E-state index in [0.29, 0.717) is 11.6 Å². The fourth-order valence-electron chi connectivity index (χ4n) is 0.867. The first-order chi connectivity index (χ1) is 6.58. The molecule has 0 heterocycles. The van der Waals surface area contributed by atoms with E-state index in [4.69, 9.17) is 16.3 Å². The van der Waals surface area contributed by atoms with Gasteiger partial charge in [0.15, 0.2) is 5.90 Å². The maximum atomic E-state index is 12.5. The lowest BCUT2D eigenvalue weighted by atomic mass is 10.3. The van der Waals surface area contributed by atoms with Crippen molar-refractivity contribution >= 4 is 17.5 Å². The van der Waals surface area contributed by atoms with Gasteiger partial charge in [-0.05, 0) is 24.3 Å². The summed E-state index contributed by atoms with van der Waals surface area (Å²) in [5.74, 6) is 0.552. The molecule has 0 radical (unpaired) electrons. The first-order valence-electron chi connectivity index (χ1n) is 3.91. The van der Waals surface area contributed by atoms with Crippen molar-refractivity contribution in [1.82, 2.24) is 0 Å². The molecule has 74 valence electrons. The standard InChI is InChI=1S/C10H9ClFNO/c1-7(11)13-8(2)14-10-5-3-9(12)4-6-10/h3-6H,1H2,2H3/b13-8+. The molecule has 0 aromatic heterocycles. The Morgan fingerprint density at radius 3 is 2.50 bits per heavy atom. The highest BCUT2D eigenvalue weighted by molar-refractivity contribution is 6.29. The maximum Gasteiger partial charge on any atom is 0.192 e. The van der Waals surface area contributed by atoms with Gasteiger partial charge in [0.2, 0.25) is 0 Å². The molecule has 1 aromatic rings. The van der Waals surface area contributed by atoms with Crippen LogP contribution in [0.3, 0.4) is 0 Å². The van der Waals surface area contributed by atoms with Gasteiger partial charge in [0.1, 0.15) is 16.7 Å². The molecule has 1 aromatic carbocycles. The number of hydrogen-bond acceptors (Lipinski definition) is 2. The zero-order valence-corrected chi connectivity index (χ0v) is 8.38. The Balaban J connectivity index is 2.69. The molecule has 0 amide bonds. The molecule has 0 saturated carbocycles. The van der Waals surface area contributed by atoms with E-state index in [9.17, 15) is 4.39 Å². The molecule has 0 saturated heterocycles. The summed E-state index contributed by atoms with van der Waals surface area (Å²) in [6, 6.07) is 5.62. The molecule has 0 spiro atoms. The topological polar surface area (TPSA) is 21.6 Å². The van der Waals surface area contributed by atoms with Gasteiger partial charge in [-0.25, -0.2) is 9.38 Å². The molecular weight excluding hydrogens is 205 g/mol. The van der Waals surface area contributed by atoms with E-state index in [2.05, 4.69) is 11.6 Å². The lowest BCUT2D eigenvalue weighted by Crippen LogP contribution is -2.02. The molecule has 0 aliphatic rings. The highest BCUT2D eigenvalue weighted by Gasteiger charge is 1.97. The molecule has 0 N–H and O–H groups in total. The van der Waals surface area contributed by atoms with E-state index in [-0.39, 0.29) is 11.0 Å². The highest BCUT2D eigenvalue weighted by atomic mass is 35.5. The van der Waals surface area contributed by atoms with Crippen molar-refractivity contribution in [2.24, 2.45) is 4.99 Å². The molecule has 4 heteroatoms. The summed E-state index contributed by atoms with van der Waals surface area (Å²) in [4.78, 5) is 3.77. The molecular formula is C10H9ClFNO. The molecule has 0 aliphatic carbocycles. The smallest absolute Gasteiger partial charge is 0.192 e. The van der Waals surface area contributed by atoms with Gasteiger partial charge in [-0.15, -0.1) is 0 Å². The number of hydrogen-bond donors (Lipinski definition) is 0. The van der Waals surface area contributed by atoms with Crippen LogP contribution in [0.4, 0.5) is 4.39 Å². The predicted octanol–water partition coefficient (Wildman–Crippen LogP) is 3.33. The summed E-state index contributed by atoms with van der Waals surface area (Å²) in [6.45, 7) is 5.02. The number of rotatable bonds is 2. The van der Waals surface area contributed by atoms with Gasteiger partial charge in [-0.1, -0.05) is 18.2 Å². The van der Waals surface area contributed by atoms with Crippen molar-refractivity contribution in [3.05, 3.63) is 41.8 Å². The van der Waals surface area contributed by atoms with Crippen LogP contribution in [0.25, 0.3) is 0 Å². The van der Waals surface area contributed by atoms with Crippen molar-refractivity contribution < 1.29 is 9.13 Å². The Morgan fingerprint density at radius 1 is 1.43 bits per heavy atom. The van der Waals surface area contributed by atoms with Crippen molar-refractivity contribution in [2.75, 3.05) is 0 Å². The first kappa shape index (κ1) is 10.7. The van der Waals surface area contributed by atoms with Gasteiger partial charge in [-0.3, -0.25) is 0 Å². The first-order valence-corrected chi connectivity index (χ1v) is 4.29. The third-order valence-electron chi connectivity index (χ3n) is 1.36. The van der Waals surface area contributed by atoms with Crippen LogP contribution >= 0.6 is 11.6 Å².